The Morgan fingerprint density at radius 2 is 1.40 bits per heavy atom. The molecule has 0 unspecified atom stereocenters. The summed E-state index contributed by atoms with van der Waals surface area (Å²) in [5.74, 6) is 0.249. The number of nitrogens with zero attached hydrogens (tertiary/aromatic N) is 2. The Balaban J connectivity index is 1.21. The first-order valence-corrected chi connectivity index (χ1v) is 13.0. The highest BCUT2D eigenvalue weighted by molar-refractivity contribution is 9.10. The number of urea groups is 1. The number of piperidine rings is 1. The number of carbonyl (C=O) groups is 2. The van der Waals surface area contributed by atoms with E-state index in [-0.39, 0.29) is 11.9 Å². The molecule has 5 rings (SSSR count). The monoisotopic (exact) mass is 531 g/mol. The number of halogens is 1. The van der Waals surface area contributed by atoms with Crippen LogP contribution in [0, 0.1) is 0 Å². The molecule has 3 amide bonds. The summed E-state index contributed by atoms with van der Waals surface area (Å²) in [5.41, 5.74) is 2.84. The molecule has 1 spiro atoms. The zero-order chi connectivity index (χ0) is 24.3. The van der Waals surface area contributed by atoms with E-state index in [4.69, 9.17) is 0 Å². The number of benzene rings is 3. The summed E-state index contributed by atoms with van der Waals surface area (Å²) in [6.07, 6.45) is 2.31. The van der Waals surface area contributed by atoms with E-state index >= 15 is 0 Å². The Morgan fingerprint density at radius 3 is 1.97 bits per heavy atom. The molecule has 2 aliphatic rings. The highest BCUT2D eigenvalue weighted by Gasteiger charge is 2.52. The van der Waals surface area contributed by atoms with Crippen molar-refractivity contribution in [3.63, 3.8) is 0 Å². The van der Waals surface area contributed by atoms with Gasteiger partial charge in [0.1, 0.15) is 5.54 Å². The Kier molecular flexibility index (Phi) is 7.02. The van der Waals surface area contributed by atoms with Gasteiger partial charge in [-0.05, 0) is 54.6 Å². The van der Waals surface area contributed by atoms with Crippen molar-refractivity contribution in [1.82, 2.24) is 15.1 Å². The molecule has 6 heteroatoms. The van der Waals surface area contributed by atoms with Gasteiger partial charge in [-0.25, -0.2) is 4.79 Å². The van der Waals surface area contributed by atoms with Crippen LogP contribution in [0.2, 0.25) is 0 Å². The molecule has 2 saturated heterocycles. The molecule has 0 bridgehead atoms. The van der Waals surface area contributed by atoms with E-state index in [1.54, 1.807) is 0 Å². The zero-order valence-electron chi connectivity index (χ0n) is 19.7. The molecule has 2 fully saturated rings. The molecule has 3 aromatic rings. The first-order chi connectivity index (χ1) is 17.0. The molecule has 1 N–H and O–H groups in total. The maximum absolute atomic E-state index is 13.3. The molecule has 180 valence electrons. The van der Waals surface area contributed by atoms with Gasteiger partial charge < -0.3 is 10.2 Å². The minimum Gasteiger partial charge on any atom is -0.323 e. The summed E-state index contributed by atoms with van der Waals surface area (Å²) in [6, 6.07) is 28.8. The van der Waals surface area contributed by atoms with Crippen LogP contribution in [0.15, 0.2) is 89.4 Å². The van der Waals surface area contributed by atoms with Crippen LogP contribution in [0.1, 0.15) is 41.9 Å². The van der Waals surface area contributed by atoms with Crippen molar-refractivity contribution >= 4 is 27.9 Å². The summed E-state index contributed by atoms with van der Waals surface area (Å²) in [4.78, 5) is 29.8. The molecule has 0 aromatic heterocycles. The smallest absolute Gasteiger partial charge is 0.323 e. The van der Waals surface area contributed by atoms with Gasteiger partial charge in [0, 0.05) is 23.5 Å². The van der Waals surface area contributed by atoms with Crippen molar-refractivity contribution in [3.8, 4) is 0 Å². The Hall–Kier alpha value is -2.96. The van der Waals surface area contributed by atoms with Gasteiger partial charge >= 0.3 is 6.03 Å². The number of carbonyl (C=O) groups excluding carboxylic acids is 2. The van der Waals surface area contributed by atoms with Gasteiger partial charge in [0.2, 0.25) is 0 Å². The van der Waals surface area contributed by atoms with Crippen LogP contribution in [0.25, 0.3) is 0 Å². The Bertz CT molecular complexity index is 1120. The van der Waals surface area contributed by atoms with Crippen LogP contribution in [-0.2, 0) is 11.3 Å². The fraction of sp³-hybridized carbons (Fsp3) is 0.310. The first kappa shape index (κ1) is 23.8. The summed E-state index contributed by atoms with van der Waals surface area (Å²) in [7, 11) is 0. The molecule has 0 radical (unpaired) electrons. The molecular formula is C29H30BrN3O2. The lowest BCUT2D eigenvalue weighted by Crippen LogP contribution is -2.55. The lowest BCUT2D eigenvalue weighted by molar-refractivity contribution is -0.133. The van der Waals surface area contributed by atoms with Gasteiger partial charge in [0.15, 0.2) is 0 Å². The molecule has 2 aliphatic heterocycles. The van der Waals surface area contributed by atoms with E-state index in [2.05, 4.69) is 86.8 Å². The fourth-order valence-corrected chi connectivity index (χ4v) is 5.56. The van der Waals surface area contributed by atoms with Crippen LogP contribution >= 0.6 is 15.9 Å². The largest absolute Gasteiger partial charge is 0.325 e. The topological polar surface area (TPSA) is 52.7 Å². The number of imide groups is 1. The molecule has 2 heterocycles. The summed E-state index contributed by atoms with van der Waals surface area (Å²) >= 11 is 3.43. The van der Waals surface area contributed by atoms with Crippen molar-refractivity contribution < 1.29 is 9.59 Å². The maximum Gasteiger partial charge on any atom is 0.325 e. The van der Waals surface area contributed by atoms with E-state index in [0.717, 1.165) is 36.1 Å². The number of hydrogen-bond donors (Lipinski definition) is 1. The minimum atomic E-state index is -0.763. The third-order valence-electron chi connectivity index (χ3n) is 7.35. The number of likely N-dealkylation sites (tertiary alicyclic amines) is 1. The minimum absolute atomic E-state index is 0.0866. The number of nitrogens with one attached hydrogen (secondary N) is 1. The number of hydrogen-bond acceptors (Lipinski definition) is 3. The van der Waals surface area contributed by atoms with Gasteiger partial charge in [-0.2, -0.15) is 0 Å². The second kappa shape index (κ2) is 10.3. The number of amides is 3. The summed E-state index contributed by atoms with van der Waals surface area (Å²) < 4.78 is 0.976. The molecule has 0 saturated carbocycles. The molecular weight excluding hydrogens is 502 g/mol. The molecule has 3 aromatic carbocycles. The van der Waals surface area contributed by atoms with Crippen molar-refractivity contribution in [2.75, 3.05) is 19.6 Å². The second-order valence-corrected chi connectivity index (χ2v) is 10.4. The molecule has 0 atom stereocenters. The summed E-state index contributed by atoms with van der Waals surface area (Å²) in [6.45, 7) is 2.86. The Morgan fingerprint density at radius 1 is 0.829 bits per heavy atom. The molecule has 0 aliphatic carbocycles. The van der Waals surface area contributed by atoms with Gasteiger partial charge in [0.25, 0.3) is 5.91 Å². The van der Waals surface area contributed by atoms with Crippen molar-refractivity contribution in [2.24, 2.45) is 0 Å². The second-order valence-electron chi connectivity index (χ2n) is 9.53. The Labute approximate surface area is 215 Å². The van der Waals surface area contributed by atoms with Gasteiger partial charge in [-0.3, -0.25) is 9.69 Å². The van der Waals surface area contributed by atoms with Crippen LogP contribution in [0.4, 0.5) is 4.79 Å². The third kappa shape index (κ3) is 5.19. The zero-order valence-corrected chi connectivity index (χ0v) is 21.3. The number of rotatable bonds is 7. The van der Waals surface area contributed by atoms with Crippen LogP contribution in [-0.4, -0.2) is 46.9 Å². The highest BCUT2D eigenvalue weighted by Crippen LogP contribution is 2.32. The van der Waals surface area contributed by atoms with E-state index in [1.165, 1.54) is 16.0 Å². The van der Waals surface area contributed by atoms with Gasteiger partial charge in [0.05, 0.1) is 6.54 Å². The van der Waals surface area contributed by atoms with Crippen LogP contribution in [0.3, 0.4) is 0 Å². The van der Waals surface area contributed by atoms with Crippen molar-refractivity contribution in [3.05, 3.63) is 106 Å². The van der Waals surface area contributed by atoms with E-state index in [1.807, 2.05) is 24.3 Å². The van der Waals surface area contributed by atoms with Crippen molar-refractivity contribution in [2.45, 2.75) is 37.3 Å². The summed E-state index contributed by atoms with van der Waals surface area (Å²) in [5, 5.41) is 3.04. The SMILES string of the molecule is O=C1NC2(CCN(CCC(c3ccccc3)c3ccccc3)CC2)C(=O)N1Cc1ccc(Br)cc1. The standard InChI is InChI=1S/C29H30BrN3O2/c30-25-13-11-22(12-14-25)21-33-27(34)29(31-28(33)35)16-19-32(20-17-29)18-15-26(23-7-3-1-4-8-23)24-9-5-2-6-10-24/h1-14,26H,15-21H2,(H,31,35). The normalized spacial score (nSPS) is 17.8. The fourth-order valence-electron chi connectivity index (χ4n) is 5.30. The quantitative estimate of drug-likeness (QED) is 0.406. The van der Waals surface area contributed by atoms with Gasteiger partial charge in [-0.1, -0.05) is 88.7 Å². The average Bonchev–Trinajstić information content (AvgIpc) is 3.12. The highest BCUT2D eigenvalue weighted by atomic mass is 79.9. The molecule has 35 heavy (non-hydrogen) atoms. The maximum atomic E-state index is 13.3. The lowest BCUT2D eigenvalue weighted by Gasteiger charge is -2.37. The predicted octanol–water partition coefficient (Wildman–Crippen LogP) is 5.56. The first-order valence-electron chi connectivity index (χ1n) is 12.2. The van der Waals surface area contributed by atoms with Crippen molar-refractivity contribution in [1.29, 1.82) is 0 Å². The van der Waals surface area contributed by atoms with Gasteiger partial charge in [-0.15, -0.1) is 0 Å². The predicted molar refractivity (Wildman–Crippen MR) is 141 cm³/mol. The van der Waals surface area contributed by atoms with E-state index < -0.39 is 5.54 Å². The lowest BCUT2D eigenvalue weighted by atomic mass is 9.86. The van der Waals surface area contributed by atoms with Crippen LogP contribution in [0.5, 0.6) is 0 Å². The van der Waals surface area contributed by atoms with E-state index in [9.17, 15) is 9.59 Å². The van der Waals surface area contributed by atoms with Crippen LogP contribution < -0.4 is 5.32 Å². The third-order valence-corrected chi connectivity index (χ3v) is 7.88. The molecule has 5 nitrogen and oxygen atoms in total. The average molecular weight is 532 g/mol. The van der Waals surface area contributed by atoms with E-state index in [0.29, 0.717) is 25.3 Å².